The number of halogens is 1. The number of fused-ring (bicyclic) bond motifs is 1. The zero-order valence-corrected chi connectivity index (χ0v) is 16.4. The second-order valence-electron chi connectivity index (χ2n) is 7.88. The van der Waals surface area contributed by atoms with Gasteiger partial charge in [-0.2, -0.15) is 5.10 Å². The Morgan fingerprint density at radius 1 is 1.30 bits per heavy atom. The number of piperidine rings is 1. The predicted octanol–water partition coefficient (Wildman–Crippen LogP) is 3.82. The van der Waals surface area contributed by atoms with Gasteiger partial charge in [0.25, 0.3) is 0 Å². The minimum atomic E-state index is -0.853. The number of methoxy groups -OCH3 is 1. The van der Waals surface area contributed by atoms with Gasteiger partial charge in [0.05, 0.1) is 18.3 Å². The summed E-state index contributed by atoms with van der Waals surface area (Å²) in [5, 5.41) is 5.70. The summed E-state index contributed by atoms with van der Waals surface area (Å²) in [5.41, 5.74) is 3.35. The minimum absolute atomic E-state index is 0.00358. The second-order valence-corrected chi connectivity index (χ2v) is 7.88. The van der Waals surface area contributed by atoms with Crippen LogP contribution in [0.4, 0.5) is 4.39 Å². The highest BCUT2D eigenvalue weighted by Crippen LogP contribution is 2.35. The lowest BCUT2D eigenvalue weighted by Crippen LogP contribution is -2.42. The number of ether oxygens (including phenoxy) is 2. The third kappa shape index (κ3) is 3.89. The lowest BCUT2D eigenvalue weighted by Gasteiger charge is -2.35. The fourth-order valence-electron chi connectivity index (χ4n) is 4.51. The monoisotopic (exact) mass is 375 g/mol. The Balaban J connectivity index is 1.59. The number of alkyl halides is 1. The maximum absolute atomic E-state index is 15.0. The second kappa shape index (κ2) is 8.25. The molecule has 2 aliphatic heterocycles. The van der Waals surface area contributed by atoms with Crippen LogP contribution in [-0.2, 0) is 9.47 Å². The van der Waals surface area contributed by atoms with Gasteiger partial charge in [-0.15, -0.1) is 0 Å². The van der Waals surface area contributed by atoms with E-state index in [0.29, 0.717) is 13.2 Å². The van der Waals surface area contributed by atoms with Crippen LogP contribution in [0.5, 0.6) is 0 Å². The van der Waals surface area contributed by atoms with Gasteiger partial charge in [0.1, 0.15) is 6.17 Å². The van der Waals surface area contributed by atoms with Crippen molar-refractivity contribution in [3.8, 4) is 0 Å². The maximum Gasteiger partial charge on any atom is 0.150 e. The van der Waals surface area contributed by atoms with E-state index in [1.807, 2.05) is 10.9 Å². The van der Waals surface area contributed by atoms with Crippen molar-refractivity contribution in [2.45, 2.75) is 50.9 Å². The molecule has 0 N–H and O–H groups in total. The van der Waals surface area contributed by atoms with Crippen LogP contribution in [0.25, 0.3) is 10.9 Å². The molecule has 6 heteroatoms. The van der Waals surface area contributed by atoms with Crippen LogP contribution in [0.15, 0.2) is 18.3 Å². The zero-order valence-electron chi connectivity index (χ0n) is 16.4. The molecule has 2 aromatic rings. The van der Waals surface area contributed by atoms with Crippen molar-refractivity contribution in [1.29, 1.82) is 0 Å². The van der Waals surface area contributed by atoms with Crippen molar-refractivity contribution in [2.75, 3.05) is 40.0 Å². The number of benzene rings is 1. The number of hydrogen-bond donors (Lipinski definition) is 0. The van der Waals surface area contributed by atoms with Gasteiger partial charge in [-0.25, -0.2) is 9.07 Å². The van der Waals surface area contributed by atoms with Gasteiger partial charge in [0.2, 0.25) is 0 Å². The summed E-state index contributed by atoms with van der Waals surface area (Å²) >= 11 is 0. The van der Waals surface area contributed by atoms with Gasteiger partial charge in [0.15, 0.2) is 6.23 Å². The van der Waals surface area contributed by atoms with Crippen molar-refractivity contribution in [2.24, 2.45) is 0 Å². The first-order valence-corrected chi connectivity index (χ1v) is 10.1. The molecule has 2 saturated heterocycles. The fourth-order valence-corrected chi connectivity index (χ4v) is 4.51. The number of aryl methyl sites for hydroxylation is 1. The normalized spacial score (nSPS) is 27.3. The number of likely N-dealkylation sites (tertiary alicyclic amines) is 1. The third-order valence-electron chi connectivity index (χ3n) is 6.05. The van der Waals surface area contributed by atoms with Crippen LogP contribution < -0.4 is 0 Å². The molecule has 2 aliphatic rings. The molecule has 148 valence electrons. The Morgan fingerprint density at radius 2 is 2.19 bits per heavy atom. The summed E-state index contributed by atoms with van der Waals surface area (Å²) in [7, 11) is 1.69. The van der Waals surface area contributed by atoms with Gasteiger partial charge in [0, 0.05) is 38.1 Å². The summed E-state index contributed by atoms with van der Waals surface area (Å²) in [5.74, 6) is -0.0520. The van der Waals surface area contributed by atoms with Gasteiger partial charge in [-0.1, -0.05) is 0 Å². The molecule has 1 aromatic heterocycles. The zero-order chi connectivity index (χ0) is 18.8. The van der Waals surface area contributed by atoms with Crippen LogP contribution in [0.3, 0.4) is 0 Å². The lowest BCUT2D eigenvalue weighted by atomic mass is 9.85. The first kappa shape index (κ1) is 18.8. The number of rotatable bonds is 5. The minimum Gasteiger partial charge on any atom is -0.383 e. The van der Waals surface area contributed by atoms with E-state index in [-0.39, 0.29) is 12.1 Å². The number of nitrogens with zero attached hydrogens (tertiary/aromatic N) is 3. The standard InChI is InChI=1S/C21H30FN3O2/c1-15-11-16-13-23-25(21-5-3-4-9-27-21)20(16)12-18(15)17-6-7-24(8-10-26-2)14-19(17)22/h11-13,17,19,21H,3-10,14H2,1-2H3/t17-,19-,21?/m1/s1. The molecule has 0 spiro atoms. The quantitative estimate of drug-likeness (QED) is 0.797. The molecule has 2 fully saturated rings. The smallest absolute Gasteiger partial charge is 0.150 e. The Hall–Kier alpha value is -1.50. The molecule has 0 amide bonds. The van der Waals surface area contributed by atoms with E-state index in [1.54, 1.807) is 7.11 Å². The first-order chi connectivity index (χ1) is 13.2. The summed E-state index contributed by atoms with van der Waals surface area (Å²) in [6.45, 7) is 5.73. The summed E-state index contributed by atoms with van der Waals surface area (Å²) in [6.07, 6.45) is 5.17. The van der Waals surface area contributed by atoms with Crippen molar-refractivity contribution in [3.63, 3.8) is 0 Å². The topological polar surface area (TPSA) is 39.5 Å². The molecule has 1 unspecified atom stereocenters. The van der Waals surface area contributed by atoms with E-state index in [9.17, 15) is 0 Å². The Labute approximate surface area is 160 Å². The lowest BCUT2D eigenvalue weighted by molar-refractivity contribution is -0.0366. The van der Waals surface area contributed by atoms with Gasteiger partial charge >= 0.3 is 0 Å². The van der Waals surface area contributed by atoms with E-state index in [0.717, 1.165) is 67.4 Å². The van der Waals surface area contributed by atoms with Crippen molar-refractivity contribution >= 4 is 10.9 Å². The predicted molar refractivity (Wildman–Crippen MR) is 104 cm³/mol. The van der Waals surface area contributed by atoms with E-state index >= 15 is 4.39 Å². The van der Waals surface area contributed by atoms with E-state index in [4.69, 9.17) is 9.47 Å². The van der Waals surface area contributed by atoms with E-state index < -0.39 is 6.17 Å². The largest absolute Gasteiger partial charge is 0.383 e. The summed E-state index contributed by atoms with van der Waals surface area (Å²) < 4.78 is 28.1. The van der Waals surface area contributed by atoms with Crippen LogP contribution in [-0.4, -0.2) is 60.8 Å². The molecule has 4 rings (SSSR count). The Bertz CT molecular complexity index is 772. The molecule has 27 heavy (non-hydrogen) atoms. The van der Waals surface area contributed by atoms with Gasteiger partial charge in [-0.3, -0.25) is 4.90 Å². The van der Waals surface area contributed by atoms with Crippen LogP contribution in [0.1, 0.15) is 49.0 Å². The highest BCUT2D eigenvalue weighted by Gasteiger charge is 2.31. The van der Waals surface area contributed by atoms with Crippen molar-refractivity contribution in [3.05, 3.63) is 29.5 Å². The number of aromatic nitrogens is 2. The van der Waals surface area contributed by atoms with Crippen molar-refractivity contribution in [1.82, 2.24) is 14.7 Å². The fraction of sp³-hybridized carbons (Fsp3) is 0.667. The summed E-state index contributed by atoms with van der Waals surface area (Å²) in [6, 6.07) is 4.32. The molecule has 0 saturated carbocycles. The SMILES string of the molecule is COCCN1CC[C@H](c2cc3c(cnn3C3CCCCO3)cc2C)[C@H](F)C1. The summed E-state index contributed by atoms with van der Waals surface area (Å²) in [4.78, 5) is 2.17. The Morgan fingerprint density at radius 3 is 2.93 bits per heavy atom. The van der Waals surface area contributed by atoms with E-state index in [2.05, 4.69) is 29.1 Å². The highest BCUT2D eigenvalue weighted by atomic mass is 19.1. The average Bonchev–Trinajstić information content (AvgIpc) is 3.09. The molecule has 0 bridgehead atoms. The Kier molecular flexibility index (Phi) is 5.76. The molecular weight excluding hydrogens is 345 g/mol. The molecule has 0 aliphatic carbocycles. The van der Waals surface area contributed by atoms with Crippen LogP contribution in [0.2, 0.25) is 0 Å². The maximum atomic E-state index is 15.0. The number of hydrogen-bond acceptors (Lipinski definition) is 4. The van der Waals surface area contributed by atoms with Gasteiger partial charge in [-0.05, 0) is 62.4 Å². The molecule has 5 nitrogen and oxygen atoms in total. The van der Waals surface area contributed by atoms with E-state index in [1.165, 1.54) is 0 Å². The molecule has 3 heterocycles. The third-order valence-corrected chi connectivity index (χ3v) is 6.05. The molecule has 1 aromatic carbocycles. The average molecular weight is 375 g/mol. The first-order valence-electron chi connectivity index (χ1n) is 10.1. The van der Waals surface area contributed by atoms with Crippen LogP contribution in [0, 0.1) is 6.92 Å². The molecule has 3 atom stereocenters. The highest BCUT2D eigenvalue weighted by molar-refractivity contribution is 5.80. The molecular formula is C21H30FN3O2. The molecule has 0 radical (unpaired) electrons. The van der Waals surface area contributed by atoms with Crippen LogP contribution >= 0.6 is 0 Å². The van der Waals surface area contributed by atoms with Gasteiger partial charge < -0.3 is 9.47 Å². The van der Waals surface area contributed by atoms with Crippen molar-refractivity contribution < 1.29 is 13.9 Å².